The van der Waals surface area contributed by atoms with Gasteiger partial charge in [0, 0.05) is 11.5 Å². The van der Waals surface area contributed by atoms with E-state index in [9.17, 15) is 19.8 Å². The van der Waals surface area contributed by atoms with Gasteiger partial charge in [0.2, 0.25) is 0 Å². The molecule has 0 spiro atoms. The maximum atomic E-state index is 11.9. The Kier molecular flexibility index (Phi) is 3.96. The van der Waals surface area contributed by atoms with E-state index in [0.717, 1.165) is 0 Å². The molecule has 0 saturated heterocycles. The van der Waals surface area contributed by atoms with Crippen LogP contribution in [0.15, 0.2) is 0 Å². The van der Waals surface area contributed by atoms with Crippen LogP contribution < -0.4 is 4.74 Å². The van der Waals surface area contributed by atoms with Crippen molar-refractivity contribution in [2.24, 2.45) is 5.92 Å². The van der Waals surface area contributed by atoms with Gasteiger partial charge in [-0.15, -0.1) is 0 Å². The predicted octanol–water partition coefficient (Wildman–Crippen LogP) is 2.07. The van der Waals surface area contributed by atoms with Gasteiger partial charge in [0.05, 0.1) is 12.7 Å². The van der Waals surface area contributed by atoms with Crippen LogP contribution in [0.4, 0.5) is 0 Å². The highest BCUT2D eigenvalue weighted by atomic mass is 16.5. The Bertz CT molecular complexity index is 503. The van der Waals surface area contributed by atoms with Crippen molar-refractivity contribution < 1.29 is 24.5 Å². The molecule has 0 fully saturated rings. The van der Waals surface area contributed by atoms with Gasteiger partial charge in [-0.3, -0.25) is 9.59 Å². The van der Waals surface area contributed by atoms with Gasteiger partial charge < -0.3 is 14.9 Å². The van der Waals surface area contributed by atoms with Gasteiger partial charge in [0.15, 0.2) is 12.1 Å². The van der Waals surface area contributed by atoms with Crippen LogP contribution >= 0.6 is 0 Å². The first kappa shape index (κ1) is 14.0. The van der Waals surface area contributed by atoms with Crippen LogP contribution in [0.25, 0.3) is 0 Å². The fraction of sp³-hybridized carbons (Fsp3) is 0.385. The summed E-state index contributed by atoms with van der Waals surface area (Å²) < 4.78 is 4.96. The standard InChI is InChI=1S/C13H16O5/c1-6(2)10(15)9-11(16)7(3)13(18-4)8(5-14)12(9)17/h5-6,16-17H,1-4H3. The van der Waals surface area contributed by atoms with Crippen molar-refractivity contribution >= 4 is 12.1 Å². The van der Waals surface area contributed by atoms with Crippen molar-refractivity contribution in [2.75, 3.05) is 7.11 Å². The molecule has 2 N–H and O–H groups in total. The predicted molar refractivity (Wildman–Crippen MR) is 65.6 cm³/mol. The van der Waals surface area contributed by atoms with Gasteiger partial charge in [0.1, 0.15) is 22.8 Å². The van der Waals surface area contributed by atoms with E-state index in [4.69, 9.17) is 4.74 Å². The third-order valence-corrected chi connectivity index (χ3v) is 2.76. The number of ether oxygens (including phenoxy) is 1. The lowest BCUT2D eigenvalue weighted by Crippen LogP contribution is -2.10. The van der Waals surface area contributed by atoms with E-state index in [1.165, 1.54) is 14.0 Å². The van der Waals surface area contributed by atoms with Crippen LogP contribution in [0.3, 0.4) is 0 Å². The minimum Gasteiger partial charge on any atom is -0.507 e. The molecule has 18 heavy (non-hydrogen) atoms. The zero-order valence-electron chi connectivity index (χ0n) is 10.8. The van der Waals surface area contributed by atoms with Crippen molar-refractivity contribution in [1.82, 2.24) is 0 Å². The van der Waals surface area contributed by atoms with Gasteiger partial charge >= 0.3 is 0 Å². The number of aromatic hydroxyl groups is 2. The number of methoxy groups -OCH3 is 1. The number of Topliss-reactive ketones (excluding diaryl/α,β-unsaturated/α-hetero) is 1. The summed E-state index contributed by atoms with van der Waals surface area (Å²) in [5.74, 6) is -1.66. The van der Waals surface area contributed by atoms with Gasteiger partial charge in [-0.05, 0) is 6.92 Å². The highest BCUT2D eigenvalue weighted by Crippen LogP contribution is 2.41. The second-order valence-corrected chi connectivity index (χ2v) is 4.28. The van der Waals surface area contributed by atoms with Crippen LogP contribution in [0.5, 0.6) is 17.2 Å². The summed E-state index contributed by atoms with van der Waals surface area (Å²) in [7, 11) is 1.32. The quantitative estimate of drug-likeness (QED) is 0.633. The Morgan fingerprint density at radius 3 is 2.22 bits per heavy atom. The SMILES string of the molecule is COc1c(C)c(O)c(C(=O)C(C)C)c(O)c1C=O. The van der Waals surface area contributed by atoms with E-state index >= 15 is 0 Å². The lowest BCUT2D eigenvalue weighted by Gasteiger charge is -2.16. The summed E-state index contributed by atoms with van der Waals surface area (Å²) in [6.45, 7) is 4.79. The largest absolute Gasteiger partial charge is 0.507 e. The smallest absolute Gasteiger partial charge is 0.172 e. The summed E-state index contributed by atoms with van der Waals surface area (Å²) in [5, 5.41) is 19.9. The molecule has 0 saturated carbocycles. The first-order valence-corrected chi connectivity index (χ1v) is 5.48. The maximum absolute atomic E-state index is 11.9. The zero-order valence-corrected chi connectivity index (χ0v) is 10.8. The summed E-state index contributed by atoms with van der Waals surface area (Å²) in [6.07, 6.45) is 0.401. The number of rotatable bonds is 4. The number of hydrogen-bond donors (Lipinski definition) is 2. The van der Waals surface area contributed by atoms with Gasteiger partial charge in [-0.2, -0.15) is 0 Å². The Labute approximate surface area is 105 Å². The minimum atomic E-state index is -0.538. The molecule has 0 bridgehead atoms. The fourth-order valence-corrected chi connectivity index (χ4v) is 1.75. The van der Waals surface area contributed by atoms with Crippen molar-refractivity contribution in [3.8, 4) is 17.2 Å². The Hall–Kier alpha value is -2.04. The van der Waals surface area contributed by atoms with E-state index in [2.05, 4.69) is 0 Å². The average Bonchev–Trinajstić information content (AvgIpc) is 2.33. The minimum absolute atomic E-state index is 0.0697. The number of hydrogen-bond acceptors (Lipinski definition) is 5. The van der Waals surface area contributed by atoms with E-state index in [0.29, 0.717) is 6.29 Å². The third-order valence-electron chi connectivity index (χ3n) is 2.76. The molecule has 0 unspecified atom stereocenters. The number of ketones is 1. The van der Waals surface area contributed by atoms with E-state index in [-0.39, 0.29) is 28.2 Å². The van der Waals surface area contributed by atoms with Gasteiger partial charge in [0.25, 0.3) is 0 Å². The molecule has 1 aromatic rings. The second kappa shape index (κ2) is 5.08. The molecule has 0 heterocycles. The zero-order chi connectivity index (χ0) is 14.0. The molecule has 1 aromatic carbocycles. The van der Waals surface area contributed by atoms with Crippen LogP contribution in [0.2, 0.25) is 0 Å². The summed E-state index contributed by atoms with van der Waals surface area (Å²) in [4.78, 5) is 22.9. The number of phenols is 2. The number of benzene rings is 1. The van der Waals surface area contributed by atoms with Gasteiger partial charge in [-0.25, -0.2) is 0 Å². The van der Waals surface area contributed by atoms with E-state index < -0.39 is 17.5 Å². The molecule has 1 rings (SSSR count). The highest BCUT2D eigenvalue weighted by Gasteiger charge is 2.27. The molecule has 0 aliphatic rings. The number of carbonyl (C=O) groups is 2. The topological polar surface area (TPSA) is 83.8 Å². The van der Waals surface area contributed by atoms with Crippen LogP contribution in [-0.4, -0.2) is 29.4 Å². The first-order chi connectivity index (χ1) is 8.36. The van der Waals surface area contributed by atoms with Crippen molar-refractivity contribution in [3.63, 3.8) is 0 Å². The average molecular weight is 252 g/mol. The lowest BCUT2D eigenvalue weighted by atomic mass is 9.94. The van der Waals surface area contributed by atoms with Gasteiger partial charge in [-0.1, -0.05) is 13.8 Å². The Morgan fingerprint density at radius 1 is 1.28 bits per heavy atom. The van der Waals surface area contributed by atoms with Crippen LogP contribution in [-0.2, 0) is 0 Å². The molecule has 0 radical (unpaired) electrons. The molecule has 0 aromatic heterocycles. The Balaban J connectivity index is 3.70. The normalized spacial score (nSPS) is 10.5. The van der Waals surface area contributed by atoms with E-state index in [1.54, 1.807) is 13.8 Å². The molecule has 5 heteroatoms. The highest BCUT2D eigenvalue weighted by molar-refractivity contribution is 6.06. The van der Waals surface area contributed by atoms with Crippen LogP contribution in [0.1, 0.15) is 40.1 Å². The molecule has 0 aliphatic heterocycles. The molecular formula is C13H16O5. The molecule has 0 aliphatic carbocycles. The van der Waals surface area contributed by atoms with Crippen molar-refractivity contribution in [1.29, 1.82) is 0 Å². The molecular weight excluding hydrogens is 236 g/mol. The molecule has 98 valence electrons. The molecule has 5 nitrogen and oxygen atoms in total. The maximum Gasteiger partial charge on any atom is 0.172 e. The number of phenolic OH excluding ortho intramolecular Hbond substituents is 2. The fourth-order valence-electron chi connectivity index (χ4n) is 1.75. The second-order valence-electron chi connectivity index (χ2n) is 4.28. The summed E-state index contributed by atoms with van der Waals surface area (Å²) in [6, 6.07) is 0. The molecule has 0 atom stereocenters. The van der Waals surface area contributed by atoms with E-state index in [1.807, 2.05) is 0 Å². The Morgan fingerprint density at radius 2 is 1.83 bits per heavy atom. The summed E-state index contributed by atoms with van der Waals surface area (Å²) in [5.41, 5.74) is -0.108. The first-order valence-electron chi connectivity index (χ1n) is 5.48. The van der Waals surface area contributed by atoms with Crippen LogP contribution in [0, 0.1) is 12.8 Å². The number of carbonyl (C=O) groups excluding carboxylic acids is 2. The third kappa shape index (κ3) is 2.03. The summed E-state index contributed by atoms with van der Waals surface area (Å²) >= 11 is 0. The number of aldehydes is 1. The molecule has 0 amide bonds. The van der Waals surface area contributed by atoms with Crippen molar-refractivity contribution in [2.45, 2.75) is 20.8 Å². The monoisotopic (exact) mass is 252 g/mol. The van der Waals surface area contributed by atoms with Crippen molar-refractivity contribution in [3.05, 3.63) is 16.7 Å². The lowest BCUT2D eigenvalue weighted by molar-refractivity contribution is 0.0933.